The molecule has 0 radical (unpaired) electrons. The highest BCUT2D eigenvalue weighted by Crippen LogP contribution is 2.39. The summed E-state index contributed by atoms with van der Waals surface area (Å²) in [7, 11) is -3.37. The molecule has 2 aromatic carbocycles. The van der Waals surface area contributed by atoms with Gasteiger partial charge < -0.3 is 20.2 Å². The molecule has 0 spiro atoms. The van der Waals surface area contributed by atoms with Crippen LogP contribution < -0.4 is 10.5 Å². The van der Waals surface area contributed by atoms with Gasteiger partial charge >= 0.3 is 5.97 Å². The lowest BCUT2D eigenvalue weighted by Gasteiger charge is -2.12. The lowest BCUT2D eigenvalue weighted by atomic mass is 9.99. The molecule has 2 heterocycles. The molecule has 0 saturated carbocycles. The van der Waals surface area contributed by atoms with Gasteiger partial charge in [-0.3, -0.25) is 4.79 Å². The Hall–Kier alpha value is -3.14. The Morgan fingerprint density at radius 3 is 2.74 bits per heavy atom. The lowest BCUT2D eigenvalue weighted by molar-refractivity contribution is -0.145. The number of aromatic nitrogens is 2. The largest absolute Gasteiger partial charge is 0.488 e. The number of fused-ring (bicyclic) bond motifs is 3. The molecule has 8 nitrogen and oxygen atoms in total. The maximum absolute atomic E-state index is 12.4. The van der Waals surface area contributed by atoms with Crippen molar-refractivity contribution in [3.8, 4) is 16.9 Å². The summed E-state index contributed by atoms with van der Waals surface area (Å²) < 4.78 is 35.9. The zero-order chi connectivity index (χ0) is 24.5. The number of hydrogen-bond donors (Lipinski definition) is 2. The highest BCUT2D eigenvalue weighted by atomic mass is 35.5. The fourth-order valence-electron chi connectivity index (χ4n) is 3.65. The molecule has 0 aliphatic rings. The fraction of sp³-hybridized carbons (Fsp3) is 0.250. The molecule has 0 saturated heterocycles. The SMILES string of the molecule is CCS(=O)(=O)c1cccc(-c2ccc(OCCOC(=O)[C@H](C)N)c3[nH]c4ncc(Cl)cc4c23)c1. The molecular formula is C24H24ClN3O5S. The molecule has 0 amide bonds. The van der Waals surface area contributed by atoms with Crippen molar-refractivity contribution in [2.24, 2.45) is 5.73 Å². The van der Waals surface area contributed by atoms with Gasteiger partial charge in [-0.05, 0) is 48.4 Å². The van der Waals surface area contributed by atoms with Crippen molar-refractivity contribution in [1.29, 1.82) is 0 Å². The molecule has 0 aliphatic carbocycles. The van der Waals surface area contributed by atoms with Crippen LogP contribution in [0.3, 0.4) is 0 Å². The minimum Gasteiger partial charge on any atom is -0.488 e. The smallest absolute Gasteiger partial charge is 0.322 e. The quantitative estimate of drug-likeness (QED) is 0.275. The molecule has 1 atom stereocenters. The van der Waals surface area contributed by atoms with Crippen molar-refractivity contribution in [3.05, 3.63) is 53.7 Å². The maximum atomic E-state index is 12.4. The van der Waals surface area contributed by atoms with E-state index < -0.39 is 21.8 Å². The third kappa shape index (κ3) is 4.72. The summed E-state index contributed by atoms with van der Waals surface area (Å²) in [6.45, 7) is 3.34. The molecule has 34 heavy (non-hydrogen) atoms. The molecule has 4 aromatic rings. The fourth-order valence-corrected chi connectivity index (χ4v) is 4.73. The van der Waals surface area contributed by atoms with Crippen LogP contribution in [0.2, 0.25) is 5.02 Å². The number of hydrogen-bond acceptors (Lipinski definition) is 7. The zero-order valence-electron chi connectivity index (χ0n) is 18.7. The van der Waals surface area contributed by atoms with Gasteiger partial charge in [0.1, 0.15) is 30.7 Å². The minimum absolute atomic E-state index is 0.0127. The number of ether oxygens (including phenoxy) is 2. The summed E-state index contributed by atoms with van der Waals surface area (Å²) in [4.78, 5) is 19.5. The van der Waals surface area contributed by atoms with Crippen LogP contribution in [0.25, 0.3) is 33.1 Å². The van der Waals surface area contributed by atoms with Crippen molar-refractivity contribution in [3.63, 3.8) is 0 Å². The monoisotopic (exact) mass is 501 g/mol. The van der Waals surface area contributed by atoms with Gasteiger partial charge in [0.05, 0.1) is 21.2 Å². The number of H-pyrrole nitrogens is 1. The third-order valence-corrected chi connectivity index (χ3v) is 7.31. The highest BCUT2D eigenvalue weighted by Gasteiger charge is 2.18. The Labute approximate surface area is 201 Å². The normalized spacial score (nSPS) is 12.7. The van der Waals surface area contributed by atoms with Crippen LogP contribution in [0.4, 0.5) is 0 Å². The molecule has 3 N–H and O–H groups in total. The van der Waals surface area contributed by atoms with Gasteiger partial charge in [-0.1, -0.05) is 30.7 Å². The van der Waals surface area contributed by atoms with Gasteiger partial charge in [0, 0.05) is 17.0 Å². The molecule has 10 heteroatoms. The Bertz CT molecular complexity index is 1480. The number of halogens is 1. The van der Waals surface area contributed by atoms with Crippen molar-refractivity contribution in [2.45, 2.75) is 24.8 Å². The summed E-state index contributed by atoms with van der Waals surface area (Å²) in [5.74, 6) is 0.0381. The highest BCUT2D eigenvalue weighted by molar-refractivity contribution is 7.91. The van der Waals surface area contributed by atoms with Gasteiger partial charge in [-0.25, -0.2) is 13.4 Å². The lowest BCUT2D eigenvalue weighted by Crippen LogP contribution is -2.29. The molecule has 0 unspecified atom stereocenters. The van der Waals surface area contributed by atoms with Crippen LogP contribution in [0.1, 0.15) is 13.8 Å². The summed E-state index contributed by atoms with van der Waals surface area (Å²) >= 11 is 6.23. The number of benzene rings is 2. The first-order valence-electron chi connectivity index (χ1n) is 10.7. The number of sulfone groups is 1. The van der Waals surface area contributed by atoms with Crippen molar-refractivity contribution in [1.82, 2.24) is 9.97 Å². The molecule has 178 valence electrons. The van der Waals surface area contributed by atoms with Crippen molar-refractivity contribution < 1.29 is 22.7 Å². The van der Waals surface area contributed by atoms with Crippen LogP contribution in [-0.2, 0) is 19.4 Å². The van der Waals surface area contributed by atoms with Crippen molar-refractivity contribution >= 4 is 49.3 Å². The summed E-state index contributed by atoms with van der Waals surface area (Å²) in [5.41, 5.74) is 8.32. The average molecular weight is 502 g/mol. The van der Waals surface area contributed by atoms with Crippen LogP contribution in [0.15, 0.2) is 53.6 Å². The molecule has 0 bridgehead atoms. The number of carbonyl (C=O) groups excluding carboxylic acids is 1. The van der Waals surface area contributed by atoms with E-state index in [2.05, 4.69) is 9.97 Å². The van der Waals surface area contributed by atoms with Gasteiger partial charge in [0.15, 0.2) is 9.84 Å². The zero-order valence-corrected chi connectivity index (χ0v) is 20.2. The summed E-state index contributed by atoms with van der Waals surface area (Å²) in [6.07, 6.45) is 1.54. The first-order valence-corrected chi connectivity index (χ1v) is 12.7. The number of carbonyl (C=O) groups is 1. The van der Waals surface area contributed by atoms with E-state index in [0.29, 0.717) is 21.9 Å². The summed E-state index contributed by atoms with van der Waals surface area (Å²) in [5, 5.41) is 2.03. The Kier molecular flexibility index (Phi) is 6.79. The number of pyridine rings is 1. The average Bonchev–Trinajstić information content (AvgIpc) is 3.20. The second-order valence-electron chi connectivity index (χ2n) is 7.77. The number of nitrogens with one attached hydrogen (secondary N) is 1. The van der Waals surface area contributed by atoms with E-state index in [1.54, 1.807) is 50.4 Å². The number of nitrogens with two attached hydrogens (primary N) is 1. The van der Waals surface area contributed by atoms with Crippen LogP contribution in [0, 0.1) is 0 Å². The van der Waals surface area contributed by atoms with Gasteiger partial charge in [-0.15, -0.1) is 0 Å². The van der Waals surface area contributed by atoms with E-state index in [-0.39, 0.29) is 23.9 Å². The summed E-state index contributed by atoms with van der Waals surface area (Å²) in [6, 6.07) is 11.6. The first kappa shape index (κ1) is 24.0. The molecule has 0 fully saturated rings. The van der Waals surface area contributed by atoms with Crippen LogP contribution in [-0.4, -0.2) is 49.4 Å². The predicted molar refractivity (Wildman–Crippen MR) is 132 cm³/mol. The molecule has 0 aliphatic heterocycles. The van der Waals surface area contributed by atoms with Crippen LogP contribution in [0.5, 0.6) is 5.75 Å². The van der Waals surface area contributed by atoms with E-state index in [9.17, 15) is 13.2 Å². The van der Waals surface area contributed by atoms with Gasteiger partial charge in [-0.2, -0.15) is 0 Å². The Morgan fingerprint density at radius 1 is 1.21 bits per heavy atom. The van der Waals surface area contributed by atoms with Crippen molar-refractivity contribution in [2.75, 3.05) is 19.0 Å². The number of nitrogens with zero attached hydrogens (tertiary/aromatic N) is 1. The minimum atomic E-state index is -3.37. The number of rotatable bonds is 8. The van der Waals surface area contributed by atoms with E-state index >= 15 is 0 Å². The second-order valence-corrected chi connectivity index (χ2v) is 10.5. The van der Waals surface area contributed by atoms with E-state index in [0.717, 1.165) is 21.9 Å². The topological polar surface area (TPSA) is 124 Å². The molecule has 2 aromatic heterocycles. The number of esters is 1. The van der Waals surface area contributed by atoms with E-state index in [1.165, 1.54) is 0 Å². The predicted octanol–water partition coefficient (Wildman–Crippen LogP) is 4.10. The van der Waals surface area contributed by atoms with E-state index in [4.69, 9.17) is 26.8 Å². The third-order valence-electron chi connectivity index (χ3n) is 5.38. The Morgan fingerprint density at radius 2 is 2.00 bits per heavy atom. The standard InChI is InChI=1S/C24H24ClN3O5S/c1-3-34(30,31)17-6-4-5-15(11-17)18-7-8-20(32-9-10-33-24(29)14(2)26)22-21(18)19-12-16(25)13-27-23(19)28-22/h4-8,11-14H,3,9-10,26H2,1-2H3,(H,27,28)/t14-/m0/s1. The van der Waals surface area contributed by atoms with Gasteiger partial charge in [0.2, 0.25) is 0 Å². The Balaban J connectivity index is 1.79. The molecular weight excluding hydrogens is 478 g/mol. The van der Waals surface area contributed by atoms with Crippen LogP contribution >= 0.6 is 11.6 Å². The van der Waals surface area contributed by atoms with E-state index in [1.807, 2.05) is 12.1 Å². The maximum Gasteiger partial charge on any atom is 0.322 e. The van der Waals surface area contributed by atoms with Gasteiger partial charge in [0.25, 0.3) is 0 Å². The molecule has 4 rings (SSSR count). The number of aromatic amines is 1. The second kappa shape index (κ2) is 9.61. The first-order chi connectivity index (χ1) is 16.2.